The lowest BCUT2D eigenvalue weighted by molar-refractivity contribution is 0.153. The quantitative estimate of drug-likeness (QED) is 0.317. The van der Waals surface area contributed by atoms with Crippen molar-refractivity contribution in [3.63, 3.8) is 0 Å². The van der Waals surface area contributed by atoms with E-state index in [1.165, 1.54) is 17.2 Å². The number of nitrogens with zero attached hydrogens (tertiary/aromatic N) is 5. The smallest absolute Gasteiger partial charge is 0.417 e. The molecule has 2 saturated heterocycles. The molecule has 2 fully saturated rings. The third-order valence-corrected chi connectivity index (χ3v) is 6.79. The summed E-state index contributed by atoms with van der Waals surface area (Å²) in [6.45, 7) is 3.92. The first-order valence-corrected chi connectivity index (χ1v) is 11.7. The molecule has 5 heterocycles. The monoisotopic (exact) mass is 506 g/mol. The number of fused-ring (bicyclic) bond motifs is 2. The van der Waals surface area contributed by atoms with Crippen LogP contribution in [-0.4, -0.2) is 62.2 Å². The molecule has 2 aliphatic heterocycles. The van der Waals surface area contributed by atoms with E-state index in [4.69, 9.17) is 4.42 Å². The minimum atomic E-state index is -0.910. The largest absolute Gasteiger partial charge is 0.465 e. The van der Waals surface area contributed by atoms with Gasteiger partial charge in [0.1, 0.15) is 5.82 Å². The zero-order valence-electron chi connectivity index (χ0n) is 19.7. The number of carbonyl (C=O) groups is 1. The van der Waals surface area contributed by atoms with Crippen LogP contribution in [0.2, 0.25) is 0 Å². The Kier molecular flexibility index (Phi) is 5.39. The lowest BCUT2D eigenvalue weighted by atomic mass is 10.0. The molecule has 1 amide bonds. The van der Waals surface area contributed by atoms with Crippen LogP contribution < -0.4 is 21.3 Å². The van der Waals surface area contributed by atoms with Crippen molar-refractivity contribution < 1.29 is 18.7 Å². The van der Waals surface area contributed by atoms with E-state index in [1.54, 1.807) is 24.4 Å². The zero-order chi connectivity index (χ0) is 25.7. The third-order valence-electron chi connectivity index (χ3n) is 6.79. The molecule has 2 atom stereocenters. The predicted octanol–water partition coefficient (Wildman–Crippen LogP) is 3.29. The van der Waals surface area contributed by atoms with Crippen LogP contribution in [0.1, 0.15) is 5.56 Å². The van der Waals surface area contributed by atoms with Gasteiger partial charge in [0.25, 0.3) is 0 Å². The van der Waals surface area contributed by atoms with Crippen LogP contribution >= 0.6 is 0 Å². The molecule has 1 aromatic carbocycles. The van der Waals surface area contributed by atoms with E-state index in [9.17, 15) is 14.7 Å². The van der Waals surface area contributed by atoms with Gasteiger partial charge in [0.05, 0.1) is 17.4 Å². The van der Waals surface area contributed by atoms with Gasteiger partial charge in [-0.25, -0.2) is 23.9 Å². The summed E-state index contributed by atoms with van der Waals surface area (Å²) < 4.78 is 20.0. The van der Waals surface area contributed by atoms with Gasteiger partial charge < -0.3 is 30.0 Å². The molecule has 4 N–H and O–H groups in total. The average molecular weight is 506 g/mol. The number of halogens is 1. The van der Waals surface area contributed by atoms with Gasteiger partial charge in [-0.1, -0.05) is 0 Å². The molecule has 2 unspecified atom stereocenters. The van der Waals surface area contributed by atoms with Gasteiger partial charge in [0.2, 0.25) is 5.95 Å². The summed E-state index contributed by atoms with van der Waals surface area (Å²) in [7, 11) is 0. The molecule has 190 valence electrons. The average Bonchev–Trinajstić information content (AvgIpc) is 3.53. The summed E-state index contributed by atoms with van der Waals surface area (Å²) in [6.07, 6.45) is 2.25. The van der Waals surface area contributed by atoms with E-state index in [1.807, 2.05) is 11.8 Å². The third kappa shape index (κ3) is 4.39. The fraction of sp³-hybridized carbons (Fsp3) is 0.292. The highest BCUT2D eigenvalue weighted by Crippen LogP contribution is 2.34. The second-order valence-electron chi connectivity index (χ2n) is 9.34. The van der Waals surface area contributed by atoms with Crippen molar-refractivity contribution in [3.05, 3.63) is 58.6 Å². The van der Waals surface area contributed by atoms with Gasteiger partial charge in [-0.2, -0.15) is 4.98 Å². The first kappa shape index (κ1) is 22.8. The normalized spacial score (nSPS) is 18.9. The predicted molar refractivity (Wildman–Crippen MR) is 133 cm³/mol. The number of aryl methyl sites for hydroxylation is 1. The first-order chi connectivity index (χ1) is 17.8. The van der Waals surface area contributed by atoms with Gasteiger partial charge in [0, 0.05) is 61.5 Å². The van der Waals surface area contributed by atoms with Crippen LogP contribution in [-0.2, 0) is 0 Å². The Labute approximate surface area is 209 Å². The SMILES string of the molecule is Cc1cnc(Nc2cnc(N3CC4CN(C(=O)O)CC4C3)c(F)c2)nc1Nc1ccc2oc(=O)[nH]c2c1. The second-order valence-corrected chi connectivity index (χ2v) is 9.34. The van der Waals surface area contributed by atoms with E-state index < -0.39 is 17.7 Å². The van der Waals surface area contributed by atoms with Crippen molar-refractivity contribution in [3.8, 4) is 0 Å². The number of nitrogens with one attached hydrogen (secondary N) is 3. The van der Waals surface area contributed by atoms with Gasteiger partial charge in [-0.3, -0.25) is 4.98 Å². The number of oxazole rings is 1. The Morgan fingerprint density at radius 2 is 1.89 bits per heavy atom. The maximum absolute atomic E-state index is 15.0. The number of pyridine rings is 1. The number of likely N-dealkylation sites (tertiary alicyclic amines) is 1. The van der Waals surface area contributed by atoms with Crippen LogP contribution in [0.25, 0.3) is 11.1 Å². The summed E-state index contributed by atoms with van der Waals surface area (Å²) in [6, 6.07) is 6.52. The van der Waals surface area contributed by atoms with Crippen molar-refractivity contribution in [2.24, 2.45) is 11.8 Å². The highest BCUT2D eigenvalue weighted by atomic mass is 19.1. The number of aromatic nitrogens is 4. The number of rotatable bonds is 5. The standard InChI is InChI=1S/C24H23FN8O4/c1-12-6-27-22(31-20(12)28-15-2-3-19-18(5-15)30-23(34)37-19)29-16-4-17(25)21(26-7-16)32-8-13-10-33(24(35)36)11-14(13)9-32/h2-7,13-14H,8-11H2,1H3,(H,30,34)(H,35,36)(H2,27,28,29,31). The lowest BCUT2D eigenvalue weighted by Crippen LogP contribution is -2.32. The number of benzene rings is 1. The Hall–Kier alpha value is -4.68. The Balaban J connectivity index is 1.15. The van der Waals surface area contributed by atoms with E-state index in [0.29, 0.717) is 54.5 Å². The van der Waals surface area contributed by atoms with E-state index >= 15 is 4.39 Å². The van der Waals surface area contributed by atoms with Crippen LogP contribution in [0, 0.1) is 24.6 Å². The summed E-state index contributed by atoms with van der Waals surface area (Å²) in [4.78, 5) is 41.6. The number of H-pyrrole nitrogens is 1. The fourth-order valence-corrected chi connectivity index (χ4v) is 4.98. The molecule has 2 aliphatic rings. The van der Waals surface area contributed by atoms with Crippen LogP contribution in [0.3, 0.4) is 0 Å². The molecule has 3 aromatic heterocycles. The van der Waals surface area contributed by atoms with Crippen molar-refractivity contribution in [2.45, 2.75) is 6.92 Å². The Bertz CT molecular complexity index is 1560. The van der Waals surface area contributed by atoms with Gasteiger partial charge >= 0.3 is 11.8 Å². The Morgan fingerprint density at radius 3 is 2.62 bits per heavy atom. The summed E-state index contributed by atoms with van der Waals surface area (Å²) >= 11 is 0. The number of hydrogen-bond donors (Lipinski definition) is 4. The van der Waals surface area contributed by atoms with E-state index in [0.717, 1.165) is 5.56 Å². The molecule has 37 heavy (non-hydrogen) atoms. The second kappa shape index (κ2) is 8.76. The van der Waals surface area contributed by atoms with Gasteiger partial charge in [-0.05, 0) is 25.1 Å². The fourth-order valence-electron chi connectivity index (χ4n) is 4.98. The van der Waals surface area contributed by atoms with Crippen LogP contribution in [0.4, 0.5) is 38.1 Å². The topological polar surface area (TPSA) is 153 Å². The summed E-state index contributed by atoms with van der Waals surface area (Å²) in [5.74, 6) is 0.389. The first-order valence-electron chi connectivity index (χ1n) is 11.7. The van der Waals surface area contributed by atoms with Crippen LogP contribution in [0.5, 0.6) is 0 Å². The number of anilines is 5. The molecule has 6 rings (SSSR count). The minimum Gasteiger partial charge on any atom is -0.465 e. The molecule has 0 spiro atoms. The minimum absolute atomic E-state index is 0.177. The summed E-state index contributed by atoms with van der Waals surface area (Å²) in [5.41, 5.74) is 2.88. The number of amides is 1. The van der Waals surface area contributed by atoms with Crippen LogP contribution in [0.15, 0.2) is 45.9 Å². The maximum Gasteiger partial charge on any atom is 0.417 e. The molecule has 13 heteroatoms. The van der Waals surface area contributed by atoms with E-state index in [-0.39, 0.29) is 23.6 Å². The molecule has 0 bridgehead atoms. The van der Waals surface area contributed by atoms with Gasteiger partial charge in [0.15, 0.2) is 17.2 Å². The molecule has 0 radical (unpaired) electrons. The number of carboxylic acid groups (broad SMARTS) is 1. The number of hydrogen-bond acceptors (Lipinski definition) is 9. The molecule has 4 aromatic rings. The van der Waals surface area contributed by atoms with E-state index in [2.05, 4.69) is 30.6 Å². The van der Waals surface area contributed by atoms with Crippen molar-refractivity contribution in [2.75, 3.05) is 41.7 Å². The molecule has 0 aliphatic carbocycles. The molecule has 12 nitrogen and oxygen atoms in total. The lowest BCUT2D eigenvalue weighted by Gasteiger charge is -2.21. The number of aromatic amines is 1. The Morgan fingerprint density at radius 1 is 1.11 bits per heavy atom. The van der Waals surface area contributed by atoms with Gasteiger partial charge in [-0.15, -0.1) is 0 Å². The summed E-state index contributed by atoms with van der Waals surface area (Å²) in [5, 5.41) is 15.4. The zero-order valence-corrected chi connectivity index (χ0v) is 19.7. The van der Waals surface area contributed by atoms with Crippen molar-refractivity contribution in [1.82, 2.24) is 24.8 Å². The maximum atomic E-state index is 15.0. The van der Waals surface area contributed by atoms with Crippen molar-refractivity contribution >= 4 is 46.2 Å². The highest BCUT2D eigenvalue weighted by Gasteiger charge is 2.42. The van der Waals surface area contributed by atoms with Crippen molar-refractivity contribution in [1.29, 1.82) is 0 Å². The highest BCUT2D eigenvalue weighted by molar-refractivity contribution is 5.78. The molecular formula is C24H23FN8O4. The molecule has 0 saturated carbocycles. The molecular weight excluding hydrogens is 483 g/mol.